The highest BCUT2D eigenvalue weighted by atomic mass is 16.1. The first-order valence-electron chi connectivity index (χ1n) is 4.47. The third-order valence-corrected chi connectivity index (χ3v) is 3.47. The van der Waals surface area contributed by atoms with Gasteiger partial charge in [0.15, 0.2) is 0 Å². The lowest BCUT2D eigenvalue weighted by Crippen LogP contribution is -2.53. The van der Waals surface area contributed by atoms with E-state index in [9.17, 15) is 4.79 Å². The first-order chi connectivity index (χ1) is 5.25. The Morgan fingerprint density at radius 3 is 1.83 bits per heavy atom. The fraction of sp³-hybridized carbons (Fsp3) is 0.900. The Kier molecular flexibility index (Phi) is 3.31. The minimum atomic E-state index is -0.150. The summed E-state index contributed by atoms with van der Waals surface area (Å²) in [6.45, 7) is 12.8. The Labute approximate surface area is 75.7 Å². The molecule has 0 atom stereocenters. The van der Waals surface area contributed by atoms with Gasteiger partial charge >= 0.3 is 0 Å². The summed E-state index contributed by atoms with van der Waals surface area (Å²) in [5.74, 6) is 0.542. The van der Waals surface area contributed by atoms with E-state index in [1.807, 2.05) is 0 Å². The van der Waals surface area contributed by atoms with E-state index in [1.165, 1.54) is 0 Å². The molecule has 0 unspecified atom stereocenters. The van der Waals surface area contributed by atoms with Gasteiger partial charge in [-0.15, -0.1) is 0 Å². The molecule has 0 spiro atoms. The molecule has 0 saturated heterocycles. The SMILES string of the molecule is CC(C)C(C)(C)C(C)(C)NC=O. The number of hydrogen-bond donors (Lipinski definition) is 1. The second-order valence-corrected chi connectivity index (χ2v) is 4.76. The van der Waals surface area contributed by atoms with Crippen molar-refractivity contribution in [1.82, 2.24) is 5.32 Å². The van der Waals surface area contributed by atoms with Crippen LogP contribution in [-0.4, -0.2) is 11.9 Å². The molecule has 0 aromatic heterocycles. The van der Waals surface area contributed by atoms with Gasteiger partial charge in [-0.2, -0.15) is 0 Å². The average Bonchev–Trinajstić information content (AvgIpc) is 1.86. The number of carbonyl (C=O) groups excluding carboxylic acids is 1. The molecule has 0 aliphatic rings. The van der Waals surface area contributed by atoms with Crippen LogP contribution in [-0.2, 0) is 4.79 Å². The zero-order valence-electron chi connectivity index (χ0n) is 9.06. The van der Waals surface area contributed by atoms with Crippen LogP contribution in [0.4, 0.5) is 0 Å². The van der Waals surface area contributed by atoms with Gasteiger partial charge in [0.2, 0.25) is 6.41 Å². The third kappa shape index (κ3) is 1.99. The minimum Gasteiger partial charge on any atom is -0.353 e. The van der Waals surface area contributed by atoms with Crippen LogP contribution in [0.25, 0.3) is 0 Å². The molecule has 2 heteroatoms. The van der Waals surface area contributed by atoms with Crippen molar-refractivity contribution in [2.24, 2.45) is 11.3 Å². The Balaban J connectivity index is 4.61. The number of carbonyl (C=O) groups is 1. The lowest BCUT2D eigenvalue weighted by molar-refractivity contribution is -0.112. The van der Waals surface area contributed by atoms with Gasteiger partial charge in [0, 0.05) is 5.54 Å². The summed E-state index contributed by atoms with van der Waals surface area (Å²) in [6.07, 6.45) is 0.782. The van der Waals surface area contributed by atoms with E-state index in [0.29, 0.717) is 5.92 Å². The van der Waals surface area contributed by atoms with Crippen LogP contribution in [0, 0.1) is 11.3 Å². The molecule has 0 aliphatic carbocycles. The molecule has 0 aromatic carbocycles. The Morgan fingerprint density at radius 2 is 1.58 bits per heavy atom. The molecule has 0 bridgehead atoms. The monoisotopic (exact) mass is 171 g/mol. The minimum absolute atomic E-state index is 0.105. The third-order valence-electron chi connectivity index (χ3n) is 3.47. The van der Waals surface area contributed by atoms with Gasteiger partial charge in [-0.1, -0.05) is 27.7 Å². The highest BCUT2D eigenvalue weighted by molar-refractivity contribution is 5.48. The topological polar surface area (TPSA) is 29.1 Å². The predicted molar refractivity (Wildman–Crippen MR) is 51.9 cm³/mol. The van der Waals surface area contributed by atoms with Gasteiger partial charge in [-0.05, 0) is 25.2 Å². The molecular weight excluding hydrogens is 150 g/mol. The van der Waals surface area contributed by atoms with Gasteiger partial charge in [0.05, 0.1) is 0 Å². The van der Waals surface area contributed by atoms with E-state index in [0.717, 1.165) is 6.41 Å². The summed E-state index contributed by atoms with van der Waals surface area (Å²) in [4.78, 5) is 10.4. The Morgan fingerprint density at radius 1 is 1.17 bits per heavy atom. The van der Waals surface area contributed by atoms with E-state index in [2.05, 4.69) is 46.9 Å². The van der Waals surface area contributed by atoms with Crippen molar-refractivity contribution in [2.75, 3.05) is 0 Å². The fourth-order valence-corrected chi connectivity index (χ4v) is 1.06. The van der Waals surface area contributed by atoms with Gasteiger partial charge < -0.3 is 5.32 Å². The van der Waals surface area contributed by atoms with Gasteiger partial charge in [0.1, 0.15) is 0 Å². The van der Waals surface area contributed by atoms with Crippen molar-refractivity contribution in [3.8, 4) is 0 Å². The summed E-state index contributed by atoms with van der Waals surface area (Å²) < 4.78 is 0. The van der Waals surface area contributed by atoms with Crippen molar-refractivity contribution < 1.29 is 4.79 Å². The molecule has 1 N–H and O–H groups in total. The molecule has 1 amide bonds. The van der Waals surface area contributed by atoms with Crippen molar-refractivity contribution in [1.29, 1.82) is 0 Å². The van der Waals surface area contributed by atoms with Crippen LogP contribution in [0.1, 0.15) is 41.5 Å². The van der Waals surface area contributed by atoms with Crippen LogP contribution in [0.3, 0.4) is 0 Å². The lowest BCUT2D eigenvalue weighted by atomic mass is 9.67. The smallest absolute Gasteiger partial charge is 0.207 e. The maximum absolute atomic E-state index is 10.4. The zero-order chi connectivity index (χ0) is 9.99. The Hall–Kier alpha value is -0.530. The number of rotatable bonds is 4. The predicted octanol–water partition coefficient (Wildman–Crippen LogP) is 2.19. The van der Waals surface area contributed by atoms with E-state index < -0.39 is 0 Å². The maximum atomic E-state index is 10.4. The van der Waals surface area contributed by atoms with E-state index in [-0.39, 0.29) is 11.0 Å². The largest absolute Gasteiger partial charge is 0.353 e. The Bertz CT molecular complexity index is 159. The quantitative estimate of drug-likeness (QED) is 0.645. The van der Waals surface area contributed by atoms with Crippen molar-refractivity contribution >= 4 is 6.41 Å². The first kappa shape index (κ1) is 11.5. The second-order valence-electron chi connectivity index (χ2n) is 4.76. The van der Waals surface area contributed by atoms with Gasteiger partial charge in [-0.25, -0.2) is 0 Å². The fourth-order valence-electron chi connectivity index (χ4n) is 1.06. The van der Waals surface area contributed by atoms with Crippen molar-refractivity contribution in [3.05, 3.63) is 0 Å². The summed E-state index contributed by atoms with van der Waals surface area (Å²) in [5, 5.41) is 2.86. The van der Waals surface area contributed by atoms with Crippen molar-refractivity contribution in [2.45, 2.75) is 47.1 Å². The molecular formula is C10H21NO. The molecule has 72 valence electrons. The normalized spacial score (nSPS) is 13.2. The summed E-state index contributed by atoms with van der Waals surface area (Å²) in [5.41, 5.74) is -0.0448. The van der Waals surface area contributed by atoms with E-state index in [1.54, 1.807) is 0 Å². The lowest BCUT2D eigenvalue weighted by Gasteiger charge is -2.44. The van der Waals surface area contributed by atoms with Crippen molar-refractivity contribution in [3.63, 3.8) is 0 Å². The molecule has 0 rings (SSSR count). The number of nitrogens with one attached hydrogen (secondary N) is 1. The number of amides is 1. The van der Waals surface area contributed by atoms with Crippen LogP contribution >= 0.6 is 0 Å². The van der Waals surface area contributed by atoms with Crippen LogP contribution in [0.2, 0.25) is 0 Å². The van der Waals surface area contributed by atoms with Crippen LogP contribution in [0.5, 0.6) is 0 Å². The molecule has 0 aromatic rings. The first-order valence-corrected chi connectivity index (χ1v) is 4.47. The number of hydrogen-bond acceptors (Lipinski definition) is 1. The van der Waals surface area contributed by atoms with E-state index in [4.69, 9.17) is 0 Å². The maximum Gasteiger partial charge on any atom is 0.207 e. The molecule has 2 nitrogen and oxygen atoms in total. The zero-order valence-corrected chi connectivity index (χ0v) is 9.06. The summed E-state index contributed by atoms with van der Waals surface area (Å²) in [7, 11) is 0. The molecule has 0 radical (unpaired) electrons. The molecule has 0 heterocycles. The second kappa shape index (κ2) is 3.46. The standard InChI is InChI=1S/C10H21NO/c1-8(2)9(3,4)10(5,6)11-7-12/h7-8H,1-6H3,(H,11,12). The van der Waals surface area contributed by atoms with Crippen LogP contribution in [0.15, 0.2) is 0 Å². The highest BCUT2D eigenvalue weighted by Gasteiger charge is 2.38. The molecule has 0 saturated carbocycles. The average molecular weight is 171 g/mol. The van der Waals surface area contributed by atoms with Gasteiger partial charge in [0.25, 0.3) is 0 Å². The van der Waals surface area contributed by atoms with Gasteiger partial charge in [-0.3, -0.25) is 4.79 Å². The van der Waals surface area contributed by atoms with Crippen LogP contribution < -0.4 is 5.32 Å². The molecule has 0 fully saturated rings. The molecule has 0 aliphatic heterocycles. The van der Waals surface area contributed by atoms with E-state index >= 15 is 0 Å². The highest BCUT2D eigenvalue weighted by Crippen LogP contribution is 2.37. The summed E-state index contributed by atoms with van der Waals surface area (Å²) >= 11 is 0. The summed E-state index contributed by atoms with van der Waals surface area (Å²) in [6, 6.07) is 0. The molecule has 12 heavy (non-hydrogen) atoms.